The molecule has 6 nitrogen and oxygen atoms in total. The van der Waals surface area contributed by atoms with Crippen molar-refractivity contribution in [1.82, 2.24) is 4.90 Å². The lowest BCUT2D eigenvalue weighted by Crippen LogP contribution is -2.41. The quantitative estimate of drug-likeness (QED) is 0.780. The van der Waals surface area contributed by atoms with E-state index in [1.54, 1.807) is 13.1 Å². The van der Waals surface area contributed by atoms with Gasteiger partial charge in [-0.2, -0.15) is 0 Å². The zero-order chi connectivity index (χ0) is 13.7. The Morgan fingerprint density at radius 2 is 2.17 bits per heavy atom. The summed E-state index contributed by atoms with van der Waals surface area (Å²) in [7, 11) is 1.61. The van der Waals surface area contributed by atoms with Crippen LogP contribution in [0.4, 0.5) is 0 Å². The van der Waals surface area contributed by atoms with Gasteiger partial charge in [-0.15, -0.1) is 0 Å². The summed E-state index contributed by atoms with van der Waals surface area (Å²) in [5, 5.41) is 8.53. The summed E-state index contributed by atoms with van der Waals surface area (Å²) in [6.45, 7) is 2.15. The number of rotatable bonds is 6. The smallest absolute Gasteiger partial charge is 0.303 e. The summed E-state index contributed by atoms with van der Waals surface area (Å²) in [4.78, 5) is 23.7. The number of carbonyl (C=O) groups excluding carboxylic acids is 1. The first-order chi connectivity index (χ1) is 8.40. The van der Waals surface area contributed by atoms with Gasteiger partial charge in [0, 0.05) is 13.5 Å². The molecule has 3 N–H and O–H groups in total. The summed E-state index contributed by atoms with van der Waals surface area (Å²) in [5.74, 6) is 0.211. The summed E-state index contributed by atoms with van der Waals surface area (Å²) in [5.41, 5.74) is 5.64. The Hall–Kier alpha value is -1.82. The number of carboxylic acid groups (broad SMARTS) is 1. The molecule has 1 heterocycles. The van der Waals surface area contributed by atoms with Crippen molar-refractivity contribution < 1.29 is 19.1 Å². The fraction of sp³-hybridized carbons (Fsp3) is 0.500. The molecule has 0 aliphatic carbocycles. The van der Waals surface area contributed by atoms with Gasteiger partial charge < -0.3 is 20.2 Å². The third kappa shape index (κ3) is 4.21. The van der Waals surface area contributed by atoms with E-state index in [9.17, 15) is 9.59 Å². The molecule has 0 aliphatic rings. The molecule has 18 heavy (non-hydrogen) atoms. The van der Waals surface area contributed by atoms with Crippen molar-refractivity contribution in [3.8, 4) is 0 Å². The van der Waals surface area contributed by atoms with Gasteiger partial charge in [-0.25, -0.2) is 0 Å². The predicted octanol–water partition coefficient (Wildman–Crippen LogP) is 0.739. The second kappa shape index (κ2) is 6.20. The number of nitrogens with zero attached hydrogens (tertiary/aromatic N) is 1. The number of carboxylic acids is 1. The van der Waals surface area contributed by atoms with Gasteiger partial charge in [-0.05, 0) is 25.5 Å². The van der Waals surface area contributed by atoms with Crippen LogP contribution in [0.1, 0.15) is 24.4 Å². The first-order valence-corrected chi connectivity index (χ1v) is 5.68. The number of likely N-dealkylation sites (N-methyl/N-ethyl adjacent to an activating group) is 1. The zero-order valence-corrected chi connectivity index (χ0v) is 10.5. The monoisotopic (exact) mass is 254 g/mol. The average Bonchev–Trinajstić information content (AvgIpc) is 2.70. The van der Waals surface area contributed by atoms with Gasteiger partial charge >= 0.3 is 5.97 Å². The SMILES string of the molecule is Cc1ccc(CN(C)C(=O)C(N)CCC(=O)O)o1. The Labute approximate surface area is 105 Å². The van der Waals surface area contributed by atoms with Crippen LogP contribution in [0.2, 0.25) is 0 Å². The topological polar surface area (TPSA) is 96.8 Å². The lowest BCUT2D eigenvalue weighted by Gasteiger charge is -2.19. The Balaban J connectivity index is 2.47. The molecule has 0 aromatic carbocycles. The van der Waals surface area contributed by atoms with Crippen LogP contribution in [0, 0.1) is 6.92 Å². The van der Waals surface area contributed by atoms with Gasteiger partial charge in [0.15, 0.2) is 0 Å². The van der Waals surface area contributed by atoms with Gasteiger partial charge in [-0.3, -0.25) is 9.59 Å². The fourth-order valence-corrected chi connectivity index (χ4v) is 1.57. The van der Waals surface area contributed by atoms with Crippen LogP contribution in [-0.4, -0.2) is 35.0 Å². The summed E-state index contributed by atoms with van der Waals surface area (Å²) < 4.78 is 5.35. The van der Waals surface area contributed by atoms with Crippen molar-refractivity contribution in [3.63, 3.8) is 0 Å². The lowest BCUT2D eigenvalue weighted by atomic mass is 10.1. The van der Waals surface area contributed by atoms with Crippen LogP contribution in [0.25, 0.3) is 0 Å². The molecule has 0 aliphatic heterocycles. The number of furan rings is 1. The minimum absolute atomic E-state index is 0.111. The highest BCUT2D eigenvalue weighted by molar-refractivity contribution is 5.82. The maximum absolute atomic E-state index is 11.8. The number of amides is 1. The molecule has 0 saturated heterocycles. The fourth-order valence-electron chi connectivity index (χ4n) is 1.57. The van der Waals surface area contributed by atoms with E-state index in [1.165, 1.54) is 4.90 Å². The van der Waals surface area contributed by atoms with E-state index < -0.39 is 12.0 Å². The third-order valence-electron chi connectivity index (χ3n) is 2.55. The van der Waals surface area contributed by atoms with Crippen LogP contribution in [0.15, 0.2) is 16.5 Å². The maximum atomic E-state index is 11.8. The van der Waals surface area contributed by atoms with Gasteiger partial charge in [-0.1, -0.05) is 0 Å². The molecule has 1 aromatic heterocycles. The van der Waals surface area contributed by atoms with Gasteiger partial charge in [0.1, 0.15) is 11.5 Å². The molecule has 1 aromatic rings. The number of aryl methyl sites for hydroxylation is 1. The van der Waals surface area contributed by atoms with Crippen molar-refractivity contribution in [3.05, 3.63) is 23.7 Å². The summed E-state index contributed by atoms with van der Waals surface area (Å²) in [6, 6.07) is 2.82. The molecule has 0 bridgehead atoms. The van der Waals surface area contributed by atoms with Crippen molar-refractivity contribution >= 4 is 11.9 Å². The lowest BCUT2D eigenvalue weighted by molar-refractivity contribution is -0.137. The highest BCUT2D eigenvalue weighted by atomic mass is 16.4. The molecular weight excluding hydrogens is 236 g/mol. The Morgan fingerprint density at radius 1 is 1.50 bits per heavy atom. The number of hydrogen-bond donors (Lipinski definition) is 2. The van der Waals surface area contributed by atoms with E-state index in [1.807, 2.05) is 13.0 Å². The Kier molecular flexibility index (Phi) is 4.91. The van der Waals surface area contributed by atoms with Gasteiger partial charge in [0.05, 0.1) is 12.6 Å². The summed E-state index contributed by atoms with van der Waals surface area (Å²) >= 11 is 0. The molecule has 100 valence electrons. The van der Waals surface area contributed by atoms with E-state index in [-0.39, 0.29) is 18.7 Å². The van der Waals surface area contributed by atoms with E-state index in [2.05, 4.69) is 0 Å². The van der Waals surface area contributed by atoms with E-state index in [4.69, 9.17) is 15.3 Å². The second-order valence-corrected chi connectivity index (χ2v) is 4.25. The van der Waals surface area contributed by atoms with Crippen LogP contribution < -0.4 is 5.73 Å². The molecular formula is C12H18N2O4. The Morgan fingerprint density at radius 3 is 2.67 bits per heavy atom. The van der Waals surface area contributed by atoms with Crippen LogP contribution in [0.5, 0.6) is 0 Å². The number of carbonyl (C=O) groups is 2. The number of hydrogen-bond acceptors (Lipinski definition) is 4. The molecule has 6 heteroatoms. The normalized spacial score (nSPS) is 12.2. The van der Waals surface area contributed by atoms with Crippen molar-refractivity contribution in [2.75, 3.05) is 7.05 Å². The molecule has 1 rings (SSSR count). The number of nitrogens with two attached hydrogens (primary N) is 1. The van der Waals surface area contributed by atoms with E-state index >= 15 is 0 Å². The minimum Gasteiger partial charge on any atom is -0.481 e. The molecule has 1 amide bonds. The number of aliphatic carboxylic acids is 1. The predicted molar refractivity (Wildman–Crippen MR) is 64.8 cm³/mol. The van der Waals surface area contributed by atoms with Crippen LogP contribution in [-0.2, 0) is 16.1 Å². The van der Waals surface area contributed by atoms with E-state index in [0.717, 1.165) is 5.76 Å². The summed E-state index contributed by atoms with van der Waals surface area (Å²) in [6.07, 6.45) is 0.0241. The molecule has 1 atom stereocenters. The highest BCUT2D eigenvalue weighted by Gasteiger charge is 2.19. The standard InChI is InChI=1S/C12H18N2O4/c1-8-3-4-9(18-8)7-14(2)12(17)10(13)5-6-11(15)16/h3-4,10H,5-7,13H2,1-2H3,(H,15,16). The molecule has 0 saturated carbocycles. The van der Waals surface area contributed by atoms with Gasteiger partial charge in [0.2, 0.25) is 5.91 Å². The van der Waals surface area contributed by atoms with Crippen molar-refractivity contribution in [2.24, 2.45) is 5.73 Å². The van der Waals surface area contributed by atoms with Crippen molar-refractivity contribution in [2.45, 2.75) is 32.4 Å². The Bertz CT molecular complexity index is 427. The first-order valence-electron chi connectivity index (χ1n) is 5.68. The molecule has 0 fully saturated rings. The second-order valence-electron chi connectivity index (χ2n) is 4.25. The molecule has 1 unspecified atom stereocenters. The van der Waals surface area contributed by atoms with Crippen LogP contribution >= 0.6 is 0 Å². The molecule has 0 radical (unpaired) electrons. The zero-order valence-electron chi connectivity index (χ0n) is 10.5. The highest BCUT2D eigenvalue weighted by Crippen LogP contribution is 2.09. The maximum Gasteiger partial charge on any atom is 0.303 e. The van der Waals surface area contributed by atoms with Crippen molar-refractivity contribution in [1.29, 1.82) is 0 Å². The third-order valence-corrected chi connectivity index (χ3v) is 2.55. The average molecular weight is 254 g/mol. The van der Waals surface area contributed by atoms with Crippen LogP contribution in [0.3, 0.4) is 0 Å². The molecule has 0 spiro atoms. The van der Waals surface area contributed by atoms with E-state index in [0.29, 0.717) is 12.3 Å². The minimum atomic E-state index is -0.956. The largest absolute Gasteiger partial charge is 0.481 e. The first kappa shape index (κ1) is 14.2. The van der Waals surface area contributed by atoms with Gasteiger partial charge in [0.25, 0.3) is 0 Å².